The van der Waals surface area contributed by atoms with E-state index < -0.39 is 33.6 Å². The molecule has 1 heterocycles. The lowest BCUT2D eigenvalue weighted by Crippen LogP contribution is -2.59. The first-order chi connectivity index (χ1) is 8.75. The van der Waals surface area contributed by atoms with Crippen molar-refractivity contribution in [1.29, 1.82) is 0 Å². The SMILES string of the molecule is CC1(C)C(=O)C(=O)C(C)(C)C2=C1OC(C)(C)C(C)(C)O2. The van der Waals surface area contributed by atoms with Gasteiger partial charge in [0.05, 0.1) is 10.8 Å². The summed E-state index contributed by atoms with van der Waals surface area (Å²) >= 11 is 0. The minimum atomic E-state index is -0.976. The van der Waals surface area contributed by atoms with Gasteiger partial charge in [-0.25, -0.2) is 0 Å². The molecule has 0 aromatic carbocycles. The highest BCUT2D eigenvalue weighted by molar-refractivity contribution is 6.42. The Morgan fingerprint density at radius 2 is 0.850 bits per heavy atom. The molecule has 112 valence electrons. The Bertz CT molecular complexity index is 485. The zero-order chi connectivity index (χ0) is 15.7. The van der Waals surface area contributed by atoms with Crippen molar-refractivity contribution in [2.24, 2.45) is 10.8 Å². The summed E-state index contributed by atoms with van der Waals surface area (Å²) in [6.07, 6.45) is 0. The third kappa shape index (κ3) is 1.66. The summed E-state index contributed by atoms with van der Waals surface area (Å²) in [6, 6.07) is 0. The van der Waals surface area contributed by atoms with Gasteiger partial charge in [0.1, 0.15) is 22.7 Å². The van der Waals surface area contributed by atoms with Gasteiger partial charge in [-0.3, -0.25) is 9.59 Å². The first kappa shape index (κ1) is 15.1. The maximum atomic E-state index is 12.4. The predicted octanol–water partition coefficient (Wildman–Crippen LogP) is 3.01. The Balaban J connectivity index is 2.72. The van der Waals surface area contributed by atoms with E-state index in [0.29, 0.717) is 11.5 Å². The normalized spacial score (nSPS) is 29.4. The average Bonchev–Trinajstić information content (AvgIpc) is 2.28. The molecule has 0 aromatic rings. The van der Waals surface area contributed by atoms with E-state index in [2.05, 4.69) is 0 Å². The first-order valence-electron chi connectivity index (χ1n) is 6.97. The Labute approximate surface area is 120 Å². The van der Waals surface area contributed by atoms with Gasteiger partial charge >= 0.3 is 0 Å². The van der Waals surface area contributed by atoms with E-state index in [9.17, 15) is 9.59 Å². The van der Waals surface area contributed by atoms with Gasteiger partial charge in [-0.15, -0.1) is 0 Å². The second-order valence-corrected chi connectivity index (χ2v) is 7.79. The molecule has 1 aliphatic heterocycles. The Morgan fingerprint density at radius 1 is 0.600 bits per heavy atom. The van der Waals surface area contributed by atoms with Crippen LogP contribution in [0.3, 0.4) is 0 Å². The van der Waals surface area contributed by atoms with Crippen molar-refractivity contribution in [2.45, 2.75) is 66.6 Å². The highest BCUT2D eigenvalue weighted by Gasteiger charge is 2.60. The van der Waals surface area contributed by atoms with Crippen LogP contribution in [0.5, 0.6) is 0 Å². The molecule has 0 bridgehead atoms. The lowest BCUT2D eigenvalue weighted by molar-refractivity contribution is -0.199. The highest BCUT2D eigenvalue weighted by Crippen LogP contribution is 2.53. The Kier molecular flexibility index (Phi) is 2.76. The van der Waals surface area contributed by atoms with Crippen LogP contribution in [-0.4, -0.2) is 22.8 Å². The molecule has 0 amide bonds. The summed E-state index contributed by atoms with van der Waals surface area (Å²) in [6.45, 7) is 14.6. The summed E-state index contributed by atoms with van der Waals surface area (Å²) in [4.78, 5) is 24.7. The topological polar surface area (TPSA) is 52.6 Å². The molecule has 4 heteroatoms. The van der Waals surface area contributed by atoms with Crippen LogP contribution >= 0.6 is 0 Å². The van der Waals surface area contributed by atoms with E-state index in [1.54, 1.807) is 27.7 Å². The lowest BCUT2D eigenvalue weighted by atomic mass is 9.66. The quantitative estimate of drug-likeness (QED) is 0.640. The Morgan fingerprint density at radius 3 is 1.10 bits per heavy atom. The number of carbonyl (C=O) groups excluding carboxylic acids is 2. The Hall–Kier alpha value is -1.32. The molecule has 0 aromatic heterocycles. The number of rotatable bonds is 0. The number of allylic oxidation sites excluding steroid dienone is 2. The molecular weight excluding hydrogens is 256 g/mol. The van der Waals surface area contributed by atoms with Crippen molar-refractivity contribution in [2.75, 3.05) is 0 Å². The van der Waals surface area contributed by atoms with Crippen LogP contribution in [0.1, 0.15) is 55.4 Å². The van der Waals surface area contributed by atoms with Gasteiger partial charge in [0.25, 0.3) is 0 Å². The van der Waals surface area contributed by atoms with Gasteiger partial charge in [0.15, 0.2) is 0 Å². The third-order valence-corrected chi connectivity index (χ3v) is 4.85. The van der Waals surface area contributed by atoms with E-state index in [4.69, 9.17) is 9.47 Å². The van der Waals surface area contributed by atoms with Crippen molar-refractivity contribution < 1.29 is 19.1 Å². The minimum Gasteiger partial charge on any atom is -0.483 e. The number of ether oxygens (including phenoxy) is 2. The molecule has 0 fully saturated rings. The maximum absolute atomic E-state index is 12.4. The molecule has 2 rings (SSSR count). The van der Waals surface area contributed by atoms with Crippen LogP contribution in [0.15, 0.2) is 11.5 Å². The summed E-state index contributed by atoms with van der Waals surface area (Å²) in [7, 11) is 0. The molecule has 2 aliphatic rings. The van der Waals surface area contributed by atoms with E-state index >= 15 is 0 Å². The van der Waals surface area contributed by atoms with Gasteiger partial charge in [-0.2, -0.15) is 0 Å². The van der Waals surface area contributed by atoms with E-state index in [1.807, 2.05) is 27.7 Å². The summed E-state index contributed by atoms with van der Waals surface area (Å²) in [5.41, 5.74) is -3.12. The average molecular weight is 280 g/mol. The zero-order valence-corrected chi connectivity index (χ0v) is 13.6. The fourth-order valence-corrected chi connectivity index (χ4v) is 2.45. The molecule has 20 heavy (non-hydrogen) atoms. The summed E-state index contributed by atoms with van der Waals surface area (Å²) in [5.74, 6) is 0.161. The summed E-state index contributed by atoms with van der Waals surface area (Å²) < 4.78 is 12.3. The van der Waals surface area contributed by atoms with Gasteiger partial charge in [-0.1, -0.05) is 0 Å². The second kappa shape index (κ2) is 3.66. The van der Waals surface area contributed by atoms with Crippen molar-refractivity contribution in [3.8, 4) is 0 Å². The summed E-state index contributed by atoms with van der Waals surface area (Å²) in [5, 5.41) is 0. The van der Waals surface area contributed by atoms with E-state index in [-0.39, 0.29) is 0 Å². The lowest BCUT2D eigenvalue weighted by Gasteiger charge is -2.53. The number of hydrogen-bond acceptors (Lipinski definition) is 4. The monoisotopic (exact) mass is 280 g/mol. The molecule has 0 saturated heterocycles. The molecule has 0 atom stereocenters. The molecule has 1 aliphatic carbocycles. The molecule has 0 N–H and O–H groups in total. The van der Waals surface area contributed by atoms with E-state index in [0.717, 1.165) is 0 Å². The highest BCUT2D eigenvalue weighted by atomic mass is 16.6. The molecule has 4 nitrogen and oxygen atoms in total. The van der Waals surface area contributed by atoms with Crippen LogP contribution in [0, 0.1) is 10.8 Å². The van der Waals surface area contributed by atoms with E-state index in [1.165, 1.54) is 0 Å². The van der Waals surface area contributed by atoms with Gasteiger partial charge in [0, 0.05) is 0 Å². The molecule has 0 saturated carbocycles. The van der Waals surface area contributed by atoms with Crippen LogP contribution in [0.4, 0.5) is 0 Å². The molecule has 0 radical (unpaired) electrons. The predicted molar refractivity (Wildman–Crippen MR) is 74.9 cm³/mol. The zero-order valence-electron chi connectivity index (χ0n) is 13.6. The van der Waals surface area contributed by atoms with Crippen LogP contribution in [0.25, 0.3) is 0 Å². The van der Waals surface area contributed by atoms with Crippen molar-refractivity contribution in [1.82, 2.24) is 0 Å². The first-order valence-corrected chi connectivity index (χ1v) is 6.97. The van der Waals surface area contributed by atoms with Crippen molar-refractivity contribution in [3.05, 3.63) is 11.5 Å². The fourth-order valence-electron chi connectivity index (χ4n) is 2.45. The minimum absolute atomic E-state index is 0.416. The molecular formula is C16H24O4. The standard InChI is InChI=1S/C16H24O4/c1-13(2)9(17)10(18)14(3,4)12-11(13)19-15(5,6)16(7,8)20-12/h1-8H3. The van der Waals surface area contributed by atoms with Crippen LogP contribution < -0.4 is 0 Å². The number of hydrogen-bond donors (Lipinski definition) is 0. The van der Waals surface area contributed by atoms with Crippen molar-refractivity contribution in [3.63, 3.8) is 0 Å². The largest absolute Gasteiger partial charge is 0.483 e. The van der Waals surface area contributed by atoms with Gasteiger partial charge in [-0.05, 0) is 55.4 Å². The van der Waals surface area contributed by atoms with Gasteiger partial charge < -0.3 is 9.47 Å². The number of Topliss-reactive ketones (excluding diaryl/α,β-unsaturated/α-hetero) is 2. The van der Waals surface area contributed by atoms with Crippen molar-refractivity contribution >= 4 is 11.6 Å². The smallest absolute Gasteiger partial charge is 0.212 e. The number of carbonyl (C=O) groups is 2. The number of ketones is 2. The maximum Gasteiger partial charge on any atom is 0.212 e. The fraction of sp³-hybridized carbons (Fsp3) is 0.750. The molecule has 0 unspecified atom stereocenters. The van der Waals surface area contributed by atoms with Crippen LogP contribution in [0.2, 0.25) is 0 Å². The van der Waals surface area contributed by atoms with Gasteiger partial charge in [0.2, 0.25) is 11.6 Å². The molecule has 0 spiro atoms. The second-order valence-electron chi connectivity index (χ2n) is 7.79. The third-order valence-electron chi connectivity index (χ3n) is 4.85. The van der Waals surface area contributed by atoms with Crippen LogP contribution in [-0.2, 0) is 19.1 Å².